The first-order valence-electron chi connectivity index (χ1n) is 4.33. The van der Waals surface area contributed by atoms with E-state index >= 15 is 0 Å². The van der Waals surface area contributed by atoms with Gasteiger partial charge in [0.15, 0.2) is 0 Å². The third-order valence-electron chi connectivity index (χ3n) is 2.26. The molecule has 1 aromatic carbocycles. The third-order valence-corrected chi connectivity index (χ3v) is 3.76. The number of hydrogen-bond donors (Lipinski definition) is 1. The summed E-state index contributed by atoms with van der Waals surface area (Å²) >= 11 is 0. The van der Waals surface area contributed by atoms with Gasteiger partial charge < -0.3 is 4.74 Å². The van der Waals surface area contributed by atoms with Gasteiger partial charge in [0.2, 0.25) is 10.0 Å². The zero-order chi connectivity index (χ0) is 10.2. The molecule has 0 radical (unpaired) electrons. The predicted molar refractivity (Wildman–Crippen MR) is 51.9 cm³/mol. The maximum Gasteiger partial charge on any atom is 0.240 e. The smallest absolute Gasteiger partial charge is 0.240 e. The molecule has 0 atom stereocenters. The molecule has 76 valence electrons. The van der Waals surface area contributed by atoms with Crippen LogP contribution < -0.4 is 9.46 Å². The number of rotatable bonds is 2. The molecule has 0 amide bonds. The third kappa shape index (κ3) is 1.38. The normalized spacial score (nSPS) is 14.9. The van der Waals surface area contributed by atoms with E-state index in [4.69, 9.17) is 4.74 Å². The van der Waals surface area contributed by atoms with Gasteiger partial charge in [-0.15, -0.1) is 0 Å². The second kappa shape index (κ2) is 3.25. The van der Waals surface area contributed by atoms with Crippen LogP contribution >= 0.6 is 0 Å². The van der Waals surface area contributed by atoms with Crippen LogP contribution in [0.1, 0.15) is 5.56 Å². The maximum atomic E-state index is 11.6. The number of benzene rings is 1. The minimum atomic E-state index is -3.35. The molecular weight excluding hydrogens is 202 g/mol. The molecule has 1 heterocycles. The molecular formula is C9H11NO3S. The van der Waals surface area contributed by atoms with Gasteiger partial charge in [0.25, 0.3) is 0 Å². The van der Waals surface area contributed by atoms with Crippen LogP contribution in [0.3, 0.4) is 0 Å². The Morgan fingerprint density at radius 1 is 1.43 bits per heavy atom. The van der Waals surface area contributed by atoms with Crippen molar-refractivity contribution in [3.05, 3.63) is 23.8 Å². The fourth-order valence-electron chi connectivity index (χ4n) is 1.55. The zero-order valence-corrected chi connectivity index (χ0v) is 8.60. The summed E-state index contributed by atoms with van der Waals surface area (Å²) in [5.41, 5.74) is 0.779. The summed E-state index contributed by atoms with van der Waals surface area (Å²) in [5.74, 6) is 0.682. The second-order valence-electron chi connectivity index (χ2n) is 3.04. The molecule has 0 fully saturated rings. The van der Waals surface area contributed by atoms with E-state index in [0.29, 0.717) is 23.7 Å². The van der Waals surface area contributed by atoms with Crippen LogP contribution in [-0.4, -0.2) is 22.1 Å². The van der Waals surface area contributed by atoms with Gasteiger partial charge in [-0.2, -0.15) is 0 Å². The Morgan fingerprint density at radius 2 is 2.21 bits per heavy atom. The molecule has 5 heteroatoms. The highest BCUT2D eigenvalue weighted by molar-refractivity contribution is 7.89. The van der Waals surface area contributed by atoms with Gasteiger partial charge in [-0.1, -0.05) is 6.07 Å². The molecule has 1 aliphatic heterocycles. The molecule has 1 N–H and O–H groups in total. The van der Waals surface area contributed by atoms with Gasteiger partial charge in [-0.25, -0.2) is 13.1 Å². The van der Waals surface area contributed by atoms with Crippen LogP contribution in [0.4, 0.5) is 0 Å². The lowest BCUT2D eigenvalue weighted by molar-refractivity contribution is 0.357. The topological polar surface area (TPSA) is 55.4 Å². The minimum absolute atomic E-state index is 0.329. The lowest BCUT2D eigenvalue weighted by Crippen LogP contribution is -2.19. The Morgan fingerprint density at radius 3 is 2.93 bits per heavy atom. The van der Waals surface area contributed by atoms with Gasteiger partial charge in [0.05, 0.1) is 11.5 Å². The first-order valence-corrected chi connectivity index (χ1v) is 5.82. The van der Waals surface area contributed by atoms with Crippen LogP contribution in [0.15, 0.2) is 23.1 Å². The first kappa shape index (κ1) is 9.48. The van der Waals surface area contributed by atoms with Crippen LogP contribution in [0.5, 0.6) is 5.75 Å². The molecule has 0 aromatic heterocycles. The summed E-state index contributed by atoms with van der Waals surface area (Å²) in [4.78, 5) is 0.329. The van der Waals surface area contributed by atoms with Crippen LogP contribution in [-0.2, 0) is 16.4 Å². The fraction of sp³-hybridized carbons (Fsp3) is 0.333. The number of hydrogen-bond acceptors (Lipinski definition) is 3. The average molecular weight is 213 g/mol. The molecule has 4 nitrogen and oxygen atoms in total. The van der Waals surface area contributed by atoms with Crippen LogP contribution in [0.25, 0.3) is 0 Å². The van der Waals surface area contributed by atoms with Gasteiger partial charge in [0.1, 0.15) is 5.75 Å². The van der Waals surface area contributed by atoms with E-state index in [2.05, 4.69) is 4.72 Å². The van der Waals surface area contributed by atoms with Crippen LogP contribution in [0.2, 0.25) is 0 Å². The highest BCUT2D eigenvalue weighted by Gasteiger charge is 2.22. The van der Waals surface area contributed by atoms with Crippen molar-refractivity contribution in [2.45, 2.75) is 11.3 Å². The van der Waals surface area contributed by atoms with E-state index in [-0.39, 0.29) is 0 Å². The van der Waals surface area contributed by atoms with Crippen molar-refractivity contribution in [1.82, 2.24) is 4.72 Å². The second-order valence-corrected chi connectivity index (χ2v) is 4.89. The summed E-state index contributed by atoms with van der Waals surface area (Å²) in [6.45, 7) is 0.561. The molecule has 0 aliphatic carbocycles. The van der Waals surface area contributed by atoms with E-state index < -0.39 is 10.0 Å². The quantitative estimate of drug-likeness (QED) is 0.779. The monoisotopic (exact) mass is 213 g/mol. The van der Waals surface area contributed by atoms with E-state index in [0.717, 1.165) is 5.56 Å². The van der Waals surface area contributed by atoms with E-state index in [1.807, 2.05) is 0 Å². The fourth-order valence-corrected chi connectivity index (χ4v) is 2.56. The van der Waals surface area contributed by atoms with Gasteiger partial charge in [-0.3, -0.25) is 0 Å². The number of nitrogens with one attached hydrogen (secondary N) is 1. The van der Waals surface area contributed by atoms with Gasteiger partial charge in [0, 0.05) is 12.0 Å². The highest BCUT2D eigenvalue weighted by Crippen LogP contribution is 2.30. The van der Waals surface area contributed by atoms with Crippen molar-refractivity contribution < 1.29 is 13.2 Å². The predicted octanol–water partition coefficient (Wildman–Crippen LogP) is 0.530. The molecule has 14 heavy (non-hydrogen) atoms. The van der Waals surface area contributed by atoms with E-state index in [1.54, 1.807) is 18.2 Å². The summed E-state index contributed by atoms with van der Waals surface area (Å²) in [5, 5.41) is 0. The zero-order valence-electron chi connectivity index (χ0n) is 7.78. The Labute approximate surface area is 82.9 Å². The lowest BCUT2D eigenvalue weighted by Gasteiger charge is -2.06. The maximum absolute atomic E-state index is 11.6. The number of fused-ring (bicyclic) bond motifs is 1. The Bertz CT molecular complexity index is 453. The summed E-state index contributed by atoms with van der Waals surface area (Å²) < 4.78 is 30.8. The lowest BCUT2D eigenvalue weighted by atomic mass is 10.2. The van der Waals surface area contributed by atoms with Crippen molar-refractivity contribution in [1.29, 1.82) is 0 Å². The standard InChI is InChI=1S/C9H11NO3S/c1-10-14(11,12)9-4-2-3-8-7(9)5-6-13-8/h2-4,10H,5-6H2,1H3. The van der Waals surface area contributed by atoms with Crippen molar-refractivity contribution in [3.8, 4) is 5.75 Å². The van der Waals surface area contributed by atoms with Crippen molar-refractivity contribution in [2.24, 2.45) is 0 Å². The largest absolute Gasteiger partial charge is 0.493 e. The molecule has 0 spiro atoms. The summed E-state index contributed by atoms with van der Waals surface area (Å²) in [6, 6.07) is 5.07. The Kier molecular flexibility index (Phi) is 2.20. The highest BCUT2D eigenvalue weighted by atomic mass is 32.2. The van der Waals surface area contributed by atoms with E-state index in [1.165, 1.54) is 7.05 Å². The van der Waals surface area contributed by atoms with Gasteiger partial charge >= 0.3 is 0 Å². The summed E-state index contributed by atoms with van der Waals surface area (Å²) in [6.07, 6.45) is 0.659. The molecule has 1 aliphatic rings. The van der Waals surface area contributed by atoms with E-state index in [9.17, 15) is 8.42 Å². The van der Waals surface area contributed by atoms with Crippen molar-refractivity contribution >= 4 is 10.0 Å². The van der Waals surface area contributed by atoms with Crippen LogP contribution in [0, 0.1) is 0 Å². The molecule has 2 rings (SSSR count). The first-order chi connectivity index (χ1) is 6.65. The number of ether oxygens (including phenoxy) is 1. The molecule has 0 unspecified atom stereocenters. The summed E-state index contributed by atoms with van der Waals surface area (Å²) in [7, 11) is -1.95. The van der Waals surface area contributed by atoms with Crippen molar-refractivity contribution in [2.75, 3.05) is 13.7 Å². The van der Waals surface area contributed by atoms with Gasteiger partial charge in [-0.05, 0) is 19.2 Å². The van der Waals surface area contributed by atoms with Crippen molar-refractivity contribution in [3.63, 3.8) is 0 Å². The SMILES string of the molecule is CNS(=O)(=O)c1cccc2c1CCO2. The molecule has 1 aromatic rings. The molecule has 0 saturated heterocycles. The minimum Gasteiger partial charge on any atom is -0.493 e. The molecule has 0 saturated carbocycles. The molecule has 0 bridgehead atoms. The number of sulfonamides is 1. The Hall–Kier alpha value is -1.07. The Balaban J connectivity index is 2.61. The average Bonchev–Trinajstić information content (AvgIpc) is 2.64.